The second-order valence-corrected chi connectivity index (χ2v) is 5.00. The largest absolute Gasteiger partial charge is 0.507 e. The highest BCUT2D eigenvalue weighted by molar-refractivity contribution is 9.09. The highest BCUT2D eigenvalue weighted by atomic mass is 79.9. The lowest BCUT2D eigenvalue weighted by atomic mass is 10.3. The number of para-hydroxylation sites is 1. The minimum atomic E-state index is 0.401. The van der Waals surface area contributed by atoms with Gasteiger partial charge in [-0.1, -0.05) is 34.5 Å². The van der Waals surface area contributed by atoms with Crippen LogP contribution in [-0.2, 0) is 0 Å². The molecule has 0 aromatic heterocycles. The van der Waals surface area contributed by atoms with Gasteiger partial charge in [-0.3, -0.25) is 0 Å². The third kappa shape index (κ3) is 4.38. The lowest BCUT2D eigenvalue weighted by molar-refractivity contribution is 0.462. The van der Waals surface area contributed by atoms with Crippen LogP contribution in [0.5, 0.6) is 5.75 Å². The van der Waals surface area contributed by atoms with Crippen LogP contribution in [0, 0.1) is 0 Å². The van der Waals surface area contributed by atoms with Crippen LogP contribution in [0.15, 0.2) is 29.2 Å². The van der Waals surface area contributed by atoms with Gasteiger partial charge in [-0.2, -0.15) is 0 Å². The summed E-state index contributed by atoms with van der Waals surface area (Å²) in [5.74, 6) is 1.49. The number of hydrogen-bond acceptors (Lipinski definition) is 2. The van der Waals surface area contributed by atoms with E-state index in [2.05, 4.69) is 15.9 Å². The smallest absolute Gasteiger partial charge is 0.129 e. The predicted molar refractivity (Wildman–Crippen MR) is 66.5 cm³/mol. The van der Waals surface area contributed by atoms with Crippen molar-refractivity contribution in [3.8, 4) is 5.75 Å². The zero-order valence-corrected chi connectivity index (χ0v) is 10.5. The highest BCUT2D eigenvalue weighted by Gasteiger charge is 1.99. The number of phenols is 1. The minimum absolute atomic E-state index is 0.401. The Labute approximate surface area is 98.0 Å². The number of alkyl halides is 1. The summed E-state index contributed by atoms with van der Waals surface area (Å²) in [6.07, 6.45) is 3.71. The van der Waals surface area contributed by atoms with E-state index in [0.29, 0.717) is 5.75 Å². The van der Waals surface area contributed by atoms with Gasteiger partial charge in [0.05, 0.1) is 0 Å². The van der Waals surface area contributed by atoms with Gasteiger partial charge < -0.3 is 5.11 Å². The van der Waals surface area contributed by atoms with E-state index < -0.39 is 0 Å². The molecular weight excluding hydrogens is 260 g/mol. The zero-order chi connectivity index (χ0) is 10.2. The lowest BCUT2D eigenvalue weighted by Crippen LogP contribution is -1.82. The van der Waals surface area contributed by atoms with Crippen molar-refractivity contribution in [3.63, 3.8) is 0 Å². The van der Waals surface area contributed by atoms with Gasteiger partial charge in [-0.05, 0) is 30.7 Å². The van der Waals surface area contributed by atoms with E-state index in [1.54, 1.807) is 17.8 Å². The molecule has 3 heteroatoms. The van der Waals surface area contributed by atoms with Crippen molar-refractivity contribution in [1.82, 2.24) is 0 Å². The first-order valence-corrected chi connectivity index (χ1v) is 6.92. The number of thioether (sulfide) groups is 1. The Balaban J connectivity index is 2.21. The average Bonchev–Trinajstić information content (AvgIpc) is 2.20. The molecule has 0 amide bonds. The summed E-state index contributed by atoms with van der Waals surface area (Å²) < 4.78 is 0. The molecule has 78 valence electrons. The molecule has 0 saturated heterocycles. The molecule has 1 rings (SSSR count). The first kappa shape index (κ1) is 11.9. The van der Waals surface area contributed by atoms with Gasteiger partial charge >= 0.3 is 0 Å². The van der Waals surface area contributed by atoms with E-state index in [1.807, 2.05) is 18.2 Å². The number of hydrogen-bond donors (Lipinski definition) is 1. The Morgan fingerprint density at radius 1 is 1.14 bits per heavy atom. The molecule has 0 bridgehead atoms. The fraction of sp³-hybridized carbons (Fsp3) is 0.455. The highest BCUT2D eigenvalue weighted by Crippen LogP contribution is 2.28. The molecule has 0 fully saturated rings. The van der Waals surface area contributed by atoms with Crippen molar-refractivity contribution in [2.45, 2.75) is 24.2 Å². The average molecular weight is 275 g/mol. The van der Waals surface area contributed by atoms with Crippen molar-refractivity contribution in [1.29, 1.82) is 0 Å². The summed E-state index contributed by atoms with van der Waals surface area (Å²) in [4.78, 5) is 0.992. The Morgan fingerprint density at radius 3 is 2.64 bits per heavy atom. The van der Waals surface area contributed by atoms with Gasteiger partial charge in [0.25, 0.3) is 0 Å². The van der Waals surface area contributed by atoms with Gasteiger partial charge in [-0.25, -0.2) is 0 Å². The van der Waals surface area contributed by atoms with E-state index in [9.17, 15) is 5.11 Å². The molecule has 0 aliphatic rings. The van der Waals surface area contributed by atoms with Crippen LogP contribution in [0.4, 0.5) is 0 Å². The molecule has 1 aromatic carbocycles. The van der Waals surface area contributed by atoms with Gasteiger partial charge in [0.15, 0.2) is 0 Å². The van der Waals surface area contributed by atoms with Crippen LogP contribution in [-0.4, -0.2) is 16.2 Å². The van der Waals surface area contributed by atoms with Crippen LogP contribution in [0.2, 0.25) is 0 Å². The van der Waals surface area contributed by atoms with Crippen molar-refractivity contribution >= 4 is 27.7 Å². The van der Waals surface area contributed by atoms with E-state index in [4.69, 9.17) is 0 Å². The lowest BCUT2D eigenvalue weighted by Gasteiger charge is -2.03. The number of unbranched alkanes of at least 4 members (excludes halogenated alkanes) is 2. The van der Waals surface area contributed by atoms with Crippen molar-refractivity contribution < 1.29 is 5.11 Å². The third-order valence-electron chi connectivity index (χ3n) is 1.90. The molecule has 0 unspecified atom stereocenters. The van der Waals surface area contributed by atoms with Crippen LogP contribution >= 0.6 is 27.7 Å². The van der Waals surface area contributed by atoms with Crippen molar-refractivity contribution in [2.24, 2.45) is 0 Å². The minimum Gasteiger partial charge on any atom is -0.507 e. The molecule has 0 spiro atoms. The standard InChI is InChI=1S/C11H15BrOS/c12-8-4-1-5-9-14-11-7-3-2-6-10(11)13/h2-3,6-7,13H,1,4-5,8-9H2. The fourth-order valence-electron chi connectivity index (χ4n) is 1.13. The van der Waals surface area contributed by atoms with E-state index in [1.165, 1.54) is 19.3 Å². The molecule has 14 heavy (non-hydrogen) atoms. The van der Waals surface area contributed by atoms with Gasteiger partial charge in [0, 0.05) is 10.2 Å². The first-order chi connectivity index (χ1) is 6.84. The summed E-state index contributed by atoms with van der Waals surface area (Å²) >= 11 is 5.14. The quantitative estimate of drug-likeness (QED) is 0.480. The molecule has 0 radical (unpaired) electrons. The molecule has 0 aliphatic heterocycles. The maximum absolute atomic E-state index is 9.48. The maximum atomic E-state index is 9.48. The van der Waals surface area contributed by atoms with Gasteiger partial charge in [-0.15, -0.1) is 11.8 Å². The molecule has 0 aliphatic carbocycles. The van der Waals surface area contributed by atoms with E-state index >= 15 is 0 Å². The maximum Gasteiger partial charge on any atom is 0.129 e. The number of benzene rings is 1. The summed E-state index contributed by atoms with van der Waals surface area (Å²) in [5, 5.41) is 10.6. The normalized spacial score (nSPS) is 10.4. The van der Waals surface area contributed by atoms with E-state index in [0.717, 1.165) is 16.0 Å². The summed E-state index contributed by atoms with van der Waals surface area (Å²) in [5.41, 5.74) is 0. The predicted octanol–water partition coefficient (Wildman–Crippen LogP) is 4.05. The van der Waals surface area contributed by atoms with Crippen LogP contribution < -0.4 is 0 Å². The van der Waals surface area contributed by atoms with Crippen LogP contribution in [0.3, 0.4) is 0 Å². The third-order valence-corrected chi connectivity index (χ3v) is 3.61. The number of halogens is 1. The molecular formula is C11H15BrOS. The molecule has 0 saturated carbocycles. The summed E-state index contributed by atoms with van der Waals surface area (Å²) in [7, 11) is 0. The Morgan fingerprint density at radius 2 is 1.93 bits per heavy atom. The Bertz CT molecular complexity index is 265. The monoisotopic (exact) mass is 274 g/mol. The van der Waals surface area contributed by atoms with Gasteiger partial charge in [0.1, 0.15) is 5.75 Å². The number of rotatable bonds is 6. The molecule has 0 heterocycles. The molecule has 1 aromatic rings. The Kier molecular flexibility index (Phi) is 6.12. The van der Waals surface area contributed by atoms with E-state index in [-0.39, 0.29) is 0 Å². The van der Waals surface area contributed by atoms with Crippen LogP contribution in [0.1, 0.15) is 19.3 Å². The number of aromatic hydroxyl groups is 1. The molecule has 0 atom stereocenters. The van der Waals surface area contributed by atoms with Crippen molar-refractivity contribution in [2.75, 3.05) is 11.1 Å². The summed E-state index contributed by atoms with van der Waals surface area (Å²) in [6.45, 7) is 0. The van der Waals surface area contributed by atoms with Gasteiger partial charge in [0.2, 0.25) is 0 Å². The van der Waals surface area contributed by atoms with Crippen molar-refractivity contribution in [3.05, 3.63) is 24.3 Å². The topological polar surface area (TPSA) is 20.2 Å². The first-order valence-electron chi connectivity index (χ1n) is 4.81. The summed E-state index contributed by atoms with van der Waals surface area (Å²) in [6, 6.07) is 7.51. The molecule has 1 nitrogen and oxygen atoms in total. The molecule has 1 N–H and O–H groups in total. The second kappa shape index (κ2) is 7.18. The van der Waals surface area contributed by atoms with Crippen LogP contribution in [0.25, 0.3) is 0 Å². The Hall–Kier alpha value is -0.150. The fourth-order valence-corrected chi connectivity index (χ4v) is 2.49. The SMILES string of the molecule is Oc1ccccc1SCCCCCBr. The zero-order valence-electron chi connectivity index (χ0n) is 8.08. The number of phenolic OH excluding ortho intramolecular Hbond substituents is 1. The second-order valence-electron chi connectivity index (χ2n) is 3.07.